The van der Waals surface area contributed by atoms with Crippen LogP contribution in [0.2, 0.25) is 0 Å². The fourth-order valence-electron chi connectivity index (χ4n) is 1.11. The van der Waals surface area contributed by atoms with Crippen LogP contribution in [0.4, 0.5) is 0 Å². The van der Waals surface area contributed by atoms with Crippen molar-refractivity contribution in [2.45, 2.75) is 46.5 Å². The SMILES string of the molecule is CCC(C)COc1ncc(C(C)(C)C)cn1. The Balaban J connectivity index is 2.58. The van der Waals surface area contributed by atoms with Gasteiger partial charge in [-0.05, 0) is 16.9 Å². The summed E-state index contributed by atoms with van der Waals surface area (Å²) in [5, 5.41) is 0. The fourth-order valence-corrected chi connectivity index (χ4v) is 1.11. The van der Waals surface area contributed by atoms with Crippen LogP contribution in [0.1, 0.15) is 46.6 Å². The van der Waals surface area contributed by atoms with Gasteiger partial charge in [0.25, 0.3) is 0 Å². The van der Waals surface area contributed by atoms with Crippen molar-refractivity contribution in [3.8, 4) is 6.01 Å². The minimum absolute atomic E-state index is 0.0925. The van der Waals surface area contributed by atoms with E-state index in [4.69, 9.17) is 4.74 Å². The second-order valence-corrected chi connectivity index (χ2v) is 5.33. The van der Waals surface area contributed by atoms with E-state index in [1.54, 1.807) is 0 Å². The molecule has 0 saturated heterocycles. The molecule has 1 aromatic rings. The van der Waals surface area contributed by atoms with E-state index in [-0.39, 0.29) is 5.41 Å². The van der Waals surface area contributed by atoms with Gasteiger partial charge >= 0.3 is 6.01 Å². The molecule has 1 atom stereocenters. The van der Waals surface area contributed by atoms with Crippen LogP contribution in [0, 0.1) is 5.92 Å². The van der Waals surface area contributed by atoms with Crippen molar-refractivity contribution in [3.05, 3.63) is 18.0 Å². The van der Waals surface area contributed by atoms with Crippen LogP contribution in [0.25, 0.3) is 0 Å². The molecule has 16 heavy (non-hydrogen) atoms. The first kappa shape index (κ1) is 12.9. The quantitative estimate of drug-likeness (QED) is 0.784. The lowest BCUT2D eigenvalue weighted by Gasteiger charge is -2.17. The van der Waals surface area contributed by atoms with Crippen LogP contribution in [-0.4, -0.2) is 16.6 Å². The van der Waals surface area contributed by atoms with E-state index >= 15 is 0 Å². The Morgan fingerprint density at radius 3 is 2.25 bits per heavy atom. The van der Waals surface area contributed by atoms with E-state index in [2.05, 4.69) is 44.6 Å². The van der Waals surface area contributed by atoms with Gasteiger partial charge in [0.05, 0.1) is 6.61 Å². The first-order valence-corrected chi connectivity index (χ1v) is 5.88. The zero-order chi connectivity index (χ0) is 12.2. The molecule has 1 heterocycles. The van der Waals surface area contributed by atoms with Crippen molar-refractivity contribution in [1.29, 1.82) is 0 Å². The summed E-state index contributed by atoms with van der Waals surface area (Å²) in [6.45, 7) is 11.4. The van der Waals surface area contributed by atoms with Gasteiger partial charge < -0.3 is 4.74 Å². The predicted octanol–water partition coefficient (Wildman–Crippen LogP) is 3.20. The third-order valence-electron chi connectivity index (χ3n) is 2.69. The minimum Gasteiger partial charge on any atom is -0.463 e. The number of hydrogen-bond acceptors (Lipinski definition) is 3. The summed E-state index contributed by atoms with van der Waals surface area (Å²) in [7, 11) is 0. The highest BCUT2D eigenvalue weighted by molar-refractivity contribution is 5.16. The van der Waals surface area contributed by atoms with Gasteiger partial charge in [0.15, 0.2) is 0 Å². The van der Waals surface area contributed by atoms with Gasteiger partial charge in [-0.25, -0.2) is 9.97 Å². The molecule has 1 rings (SSSR count). The normalized spacial score (nSPS) is 13.6. The van der Waals surface area contributed by atoms with Gasteiger partial charge in [0.1, 0.15) is 0 Å². The van der Waals surface area contributed by atoms with Gasteiger partial charge in [0.2, 0.25) is 0 Å². The van der Waals surface area contributed by atoms with E-state index in [9.17, 15) is 0 Å². The Morgan fingerprint density at radius 2 is 1.81 bits per heavy atom. The lowest BCUT2D eigenvalue weighted by atomic mass is 9.89. The van der Waals surface area contributed by atoms with Crippen molar-refractivity contribution in [2.24, 2.45) is 5.92 Å². The van der Waals surface area contributed by atoms with Crippen LogP contribution in [0.5, 0.6) is 6.01 Å². The first-order chi connectivity index (χ1) is 7.43. The molecule has 0 aliphatic carbocycles. The molecule has 0 aliphatic rings. The average Bonchev–Trinajstić information content (AvgIpc) is 2.25. The number of nitrogens with zero attached hydrogens (tertiary/aromatic N) is 2. The standard InChI is InChI=1S/C13H22N2O/c1-6-10(2)9-16-12-14-7-11(8-15-12)13(3,4)5/h7-8,10H,6,9H2,1-5H3. The number of ether oxygens (including phenoxy) is 1. The number of aromatic nitrogens is 2. The molecule has 0 N–H and O–H groups in total. The van der Waals surface area contributed by atoms with Crippen molar-refractivity contribution >= 4 is 0 Å². The van der Waals surface area contributed by atoms with E-state index in [1.807, 2.05) is 12.4 Å². The number of rotatable bonds is 4. The molecule has 0 spiro atoms. The molecular formula is C13H22N2O. The second kappa shape index (κ2) is 5.28. The molecule has 1 aromatic heterocycles. The van der Waals surface area contributed by atoms with Gasteiger partial charge in [-0.15, -0.1) is 0 Å². The summed E-state index contributed by atoms with van der Waals surface area (Å²) in [4.78, 5) is 8.44. The molecule has 3 heteroatoms. The van der Waals surface area contributed by atoms with Crippen molar-refractivity contribution in [3.63, 3.8) is 0 Å². The lowest BCUT2D eigenvalue weighted by molar-refractivity contribution is 0.237. The largest absolute Gasteiger partial charge is 0.463 e. The smallest absolute Gasteiger partial charge is 0.316 e. The highest BCUT2D eigenvalue weighted by Gasteiger charge is 2.14. The monoisotopic (exact) mass is 222 g/mol. The van der Waals surface area contributed by atoms with Gasteiger partial charge in [0, 0.05) is 12.4 Å². The Kier molecular flexibility index (Phi) is 4.27. The topological polar surface area (TPSA) is 35.0 Å². The molecule has 90 valence electrons. The molecule has 0 saturated carbocycles. The molecule has 0 aliphatic heterocycles. The van der Waals surface area contributed by atoms with Gasteiger partial charge in [-0.1, -0.05) is 41.0 Å². The predicted molar refractivity (Wildman–Crippen MR) is 65.7 cm³/mol. The highest BCUT2D eigenvalue weighted by atomic mass is 16.5. The fraction of sp³-hybridized carbons (Fsp3) is 0.692. The van der Waals surface area contributed by atoms with Crippen LogP contribution < -0.4 is 4.74 Å². The molecule has 3 nitrogen and oxygen atoms in total. The summed E-state index contributed by atoms with van der Waals surface area (Å²) in [5.41, 5.74) is 1.22. The van der Waals surface area contributed by atoms with Crippen molar-refractivity contribution in [2.75, 3.05) is 6.61 Å². The van der Waals surface area contributed by atoms with Crippen molar-refractivity contribution < 1.29 is 4.74 Å². The van der Waals surface area contributed by atoms with Crippen molar-refractivity contribution in [1.82, 2.24) is 9.97 Å². The summed E-state index contributed by atoms with van der Waals surface area (Å²) < 4.78 is 5.50. The van der Waals surface area contributed by atoms with Gasteiger partial charge in [-0.3, -0.25) is 0 Å². The van der Waals surface area contributed by atoms with E-state index in [1.165, 1.54) is 0 Å². The lowest BCUT2D eigenvalue weighted by Crippen LogP contribution is -2.13. The van der Waals surface area contributed by atoms with Crippen LogP contribution in [0.3, 0.4) is 0 Å². The molecule has 0 aromatic carbocycles. The molecule has 0 fully saturated rings. The Labute approximate surface area is 98.3 Å². The molecule has 0 amide bonds. The summed E-state index contributed by atoms with van der Waals surface area (Å²) in [6.07, 6.45) is 4.80. The maximum absolute atomic E-state index is 5.50. The maximum atomic E-state index is 5.50. The zero-order valence-corrected chi connectivity index (χ0v) is 10.9. The second-order valence-electron chi connectivity index (χ2n) is 5.33. The number of hydrogen-bond donors (Lipinski definition) is 0. The maximum Gasteiger partial charge on any atom is 0.316 e. The molecular weight excluding hydrogens is 200 g/mol. The minimum atomic E-state index is 0.0925. The summed E-state index contributed by atoms with van der Waals surface area (Å²) >= 11 is 0. The van der Waals surface area contributed by atoms with Crippen LogP contribution in [-0.2, 0) is 5.41 Å². The third-order valence-corrected chi connectivity index (χ3v) is 2.69. The van der Waals surface area contributed by atoms with Gasteiger partial charge in [-0.2, -0.15) is 0 Å². The molecule has 1 unspecified atom stereocenters. The van der Waals surface area contributed by atoms with E-state index < -0.39 is 0 Å². The molecule has 0 radical (unpaired) electrons. The zero-order valence-electron chi connectivity index (χ0n) is 10.9. The van der Waals surface area contributed by atoms with Crippen LogP contribution >= 0.6 is 0 Å². The highest BCUT2D eigenvalue weighted by Crippen LogP contribution is 2.21. The Bertz CT molecular complexity index is 314. The summed E-state index contributed by atoms with van der Waals surface area (Å²) in [5.74, 6) is 0.547. The first-order valence-electron chi connectivity index (χ1n) is 5.88. The summed E-state index contributed by atoms with van der Waals surface area (Å²) in [6, 6.07) is 0.480. The molecule has 0 bridgehead atoms. The Hall–Kier alpha value is -1.12. The van der Waals surface area contributed by atoms with E-state index in [0.29, 0.717) is 18.5 Å². The third kappa shape index (κ3) is 3.80. The average molecular weight is 222 g/mol. The van der Waals surface area contributed by atoms with Crippen LogP contribution in [0.15, 0.2) is 12.4 Å². The van der Waals surface area contributed by atoms with E-state index in [0.717, 1.165) is 12.0 Å². The Morgan fingerprint density at radius 1 is 1.25 bits per heavy atom.